The Labute approximate surface area is 86.5 Å². The van der Waals surface area contributed by atoms with Gasteiger partial charge in [-0.2, -0.15) is 0 Å². The molecule has 2 nitrogen and oxygen atoms in total. The third-order valence-corrected chi connectivity index (χ3v) is 3.01. The quantitative estimate of drug-likeness (QED) is 0.711. The first-order valence-electron chi connectivity index (χ1n) is 5.78. The molecule has 1 saturated heterocycles. The highest BCUT2D eigenvalue weighted by Crippen LogP contribution is 2.08. The summed E-state index contributed by atoms with van der Waals surface area (Å²) in [6.45, 7) is 5.10. The minimum absolute atomic E-state index is 1.17. The average molecular weight is 192 g/mol. The van der Waals surface area contributed by atoms with E-state index in [-0.39, 0.29) is 0 Å². The molecule has 1 aliphatic rings. The van der Waals surface area contributed by atoms with Gasteiger partial charge in [0.1, 0.15) is 0 Å². The fourth-order valence-corrected chi connectivity index (χ4v) is 2.18. The highest BCUT2D eigenvalue weighted by molar-refractivity contribution is 4.90. The third kappa shape index (κ3) is 2.88. The largest absolute Gasteiger partial charge is 0.354 e. The molecule has 1 aliphatic heterocycles. The van der Waals surface area contributed by atoms with E-state index < -0.39 is 0 Å². The minimum atomic E-state index is 1.17. The van der Waals surface area contributed by atoms with E-state index in [2.05, 4.69) is 34.0 Å². The molecule has 2 rings (SSSR count). The molecule has 0 aliphatic carbocycles. The zero-order valence-corrected chi connectivity index (χ0v) is 8.86. The Hall–Kier alpha value is -0.760. The van der Waals surface area contributed by atoms with Crippen molar-refractivity contribution in [1.29, 1.82) is 0 Å². The molecule has 2 heteroatoms. The molecule has 2 heterocycles. The lowest BCUT2D eigenvalue weighted by Gasteiger charge is -2.26. The number of aromatic nitrogens is 1. The molecule has 0 unspecified atom stereocenters. The highest BCUT2D eigenvalue weighted by Gasteiger charge is 2.08. The molecule has 0 amide bonds. The summed E-state index contributed by atoms with van der Waals surface area (Å²) >= 11 is 0. The molecule has 0 aromatic carbocycles. The summed E-state index contributed by atoms with van der Waals surface area (Å²) < 4.78 is 2.27. The van der Waals surface area contributed by atoms with Crippen molar-refractivity contribution >= 4 is 0 Å². The summed E-state index contributed by atoms with van der Waals surface area (Å²) in [4.78, 5) is 2.60. The standard InChI is InChI=1S/C12H20N2/c1-2-7-13(8-3-1)11-6-12-14-9-4-5-10-14/h4-5,9-10H,1-3,6-8,11-12H2. The molecule has 0 N–H and O–H groups in total. The zero-order chi connectivity index (χ0) is 9.64. The molecule has 0 bridgehead atoms. The number of piperidine rings is 1. The van der Waals surface area contributed by atoms with Gasteiger partial charge < -0.3 is 9.47 Å². The normalized spacial score (nSPS) is 18.6. The smallest absolute Gasteiger partial charge is 0.0231 e. The number of rotatable bonds is 4. The summed E-state index contributed by atoms with van der Waals surface area (Å²) in [5, 5.41) is 0. The summed E-state index contributed by atoms with van der Waals surface area (Å²) in [5.41, 5.74) is 0. The van der Waals surface area contributed by atoms with E-state index in [1.54, 1.807) is 0 Å². The fraction of sp³-hybridized carbons (Fsp3) is 0.667. The molecule has 78 valence electrons. The summed E-state index contributed by atoms with van der Waals surface area (Å²) in [5.74, 6) is 0. The monoisotopic (exact) mass is 192 g/mol. The maximum atomic E-state index is 2.60. The van der Waals surface area contributed by atoms with E-state index in [4.69, 9.17) is 0 Å². The van der Waals surface area contributed by atoms with Crippen molar-refractivity contribution in [2.45, 2.75) is 32.2 Å². The van der Waals surface area contributed by atoms with Gasteiger partial charge in [0.25, 0.3) is 0 Å². The van der Waals surface area contributed by atoms with Crippen LogP contribution < -0.4 is 0 Å². The number of nitrogens with zero attached hydrogens (tertiary/aromatic N) is 2. The van der Waals surface area contributed by atoms with Crippen molar-refractivity contribution in [1.82, 2.24) is 9.47 Å². The van der Waals surface area contributed by atoms with Crippen LogP contribution in [0.5, 0.6) is 0 Å². The van der Waals surface area contributed by atoms with Crippen LogP contribution in [0.3, 0.4) is 0 Å². The molecule has 1 fully saturated rings. The van der Waals surface area contributed by atoms with E-state index >= 15 is 0 Å². The van der Waals surface area contributed by atoms with E-state index in [0.717, 1.165) is 0 Å². The third-order valence-electron chi connectivity index (χ3n) is 3.01. The predicted molar refractivity (Wildman–Crippen MR) is 59.3 cm³/mol. The van der Waals surface area contributed by atoms with Gasteiger partial charge in [0, 0.05) is 18.9 Å². The Kier molecular flexibility index (Phi) is 3.64. The first-order valence-corrected chi connectivity index (χ1v) is 5.78. The van der Waals surface area contributed by atoms with Crippen molar-refractivity contribution in [2.24, 2.45) is 0 Å². The molecule has 0 radical (unpaired) electrons. The molecule has 0 saturated carbocycles. The first-order chi connectivity index (χ1) is 6.95. The maximum absolute atomic E-state index is 2.60. The number of hydrogen-bond donors (Lipinski definition) is 0. The van der Waals surface area contributed by atoms with E-state index in [1.165, 1.54) is 51.9 Å². The van der Waals surface area contributed by atoms with E-state index in [0.29, 0.717) is 0 Å². The van der Waals surface area contributed by atoms with Gasteiger partial charge in [0.2, 0.25) is 0 Å². The van der Waals surface area contributed by atoms with E-state index in [1.807, 2.05) is 0 Å². The molecular weight excluding hydrogens is 172 g/mol. The van der Waals surface area contributed by atoms with Crippen LogP contribution in [0.4, 0.5) is 0 Å². The van der Waals surface area contributed by atoms with Crippen LogP contribution in [0.2, 0.25) is 0 Å². The first kappa shape index (κ1) is 9.78. The Morgan fingerprint density at radius 1 is 0.857 bits per heavy atom. The molecule has 1 aromatic rings. The van der Waals surface area contributed by atoms with Crippen molar-refractivity contribution in [3.8, 4) is 0 Å². The van der Waals surface area contributed by atoms with Gasteiger partial charge in [0.15, 0.2) is 0 Å². The van der Waals surface area contributed by atoms with Gasteiger partial charge >= 0.3 is 0 Å². The highest BCUT2D eigenvalue weighted by atomic mass is 15.1. The van der Waals surface area contributed by atoms with Crippen LogP contribution in [-0.2, 0) is 6.54 Å². The fourth-order valence-electron chi connectivity index (χ4n) is 2.18. The Bertz CT molecular complexity index is 235. The lowest BCUT2D eigenvalue weighted by molar-refractivity contribution is 0.223. The van der Waals surface area contributed by atoms with Gasteiger partial charge in [-0.15, -0.1) is 0 Å². The van der Waals surface area contributed by atoms with Crippen LogP contribution in [-0.4, -0.2) is 29.1 Å². The number of aryl methyl sites for hydroxylation is 1. The minimum Gasteiger partial charge on any atom is -0.354 e. The average Bonchev–Trinajstić information content (AvgIpc) is 2.72. The predicted octanol–water partition coefficient (Wildman–Crippen LogP) is 2.36. The molecular formula is C12H20N2. The van der Waals surface area contributed by atoms with Crippen LogP contribution in [0.1, 0.15) is 25.7 Å². The van der Waals surface area contributed by atoms with Gasteiger partial charge in [-0.05, 0) is 51.0 Å². The Balaban J connectivity index is 1.62. The molecule has 14 heavy (non-hydrogen) atoms. The second-order valence-electron chi connectivity index (χ2n) is 4.18. The number of hydrogen-bond acceptors (Lipinski definition) is 1. The lowest BCUT2D eigenvalue weighted by atomic mass is 10.1. The van der Waals surface area contributed by atoms with Crippen LogP contribution in [0, 0.1) is 0 Å². The second kappa shape index (κ2) is 5.20. The van der Waals surface area contributed by atoms with Gasteiger partial charge in [-0.3, -0.25) is 0 Å². The molecule has 0 spiro atoms. The van der Waals surface area contributed by atoms with Gasteiger partial charge in [0.05, 0.1) is 0 Å². The van der Waals surface area contributed by atoms with Crippen molar-refractivity contribution in [3.63, 3.8) is 0 Å². The second-order valence-corrected chi connectivity index (χ2v) is 4.18. The summed E-state index contributed by atoms with van der Waals surface area (Å²) in [7, 11) is 0. The zero-order valence-electron chi connectivity index (χ0n) is 8.86. The van der Waals surface area contributed by atoms with Crippen LogP contribution in [0.25, 0.3) is 0 Å². The van der Waals surface area contributed by atoms with Crippen molar-refractivity contribution < 1.29 is 0 Å². The summed E-state index contributed by atoms with van der Waals surface area (Å²) in [6, 6.07) is 4.20. The van der Waals surface area contributed by atoms with E-state index in [9.17, 15) is 0 Å². The Morgan fingerprint density at radius 2 is 1.57 bits per heavy atom. The Morgan fingerprint density at radius 3 is 2.29 bits per heavy atom. The van der Waals surface area contributed by atoms with Crippen molar-refractivity contribution in [2.75, 3.05) is 19.6 Å². The van der Waals surface area contributed by atoms with Gasteiger partial charge in [-0.1, -0.05) is 6.42 Å². The SMILES string of the molecule is c1ccn(CCCN2CCCCC2)c1. The summed E-state index contributed by atoms with van der Waals surface area (Å²) in [6.07, 6.45) is 9.84. The topological polar surface area (TPSA) is 8.17 Å². The number of likely N-dealkylation sites (tertiary alicyclic amines) is 1. The van der Waals surface area contributed by atoms with Crippen LogP contribution in [0.15, 0.2) is 24.5 Å². The van der Waals surface area contributed by atoms with Gasteiger partial charge in [-0.25, -0.2) is 0 Å². The lowest BCUT2D eigenvalue weighted by Crippen LogP contribution is -2.31. The maximum Gasteiger partial charge on any atom is 0.0231 e. The molecule has 0 atom stereocenters. The van der Waals surface area contributed by atoms with Crippen molar-refractivity contribution in [3.05, 3.63) is 24.5 Å². The van der Waals surface area contributed by atoms with Crippen LogP contribution >= 0.6 is 0 Å². The molecule has 1 aromatic heterocycles.